The first-order valence-corrected chi connectivity index (χ1v) is 10.1. The molecule has 7 nitrogen and oxygen atoms in total. The van der Waals surface area contributed by atoms with Crippen molar-refractivity contribution in [2.45, 2.75) is 0 Å². The van der Waals surface area contributed by atoms with Gasteiger partial charge in [0.2, 0.25) is 11.6 Å². The minimum absolute atomic E-state index is 0.356. The number of benzene rings is 3. The van der Waals surface area contributed by atoms with Gasteiger partial charge in [0.05, 0.1) is 12.8 Å². The van der Waals surface area contributed by atoms with Crippen LogP contribution in [0.3, 0.4) is 0 Å². The molecule has 0 aliphatic rings. The number of fused-ring (bicyclic) bond motifs is 1. The van der Waals surface area contributed by atoms with Gasteiger partial charge >= 0.3 is 0 Å². The maximum atomic E-state index is 14.1. The molecule has 0 aliphatic heterocycles. The first-order valence-electron chi connectivity index (χ1n) is 9.35. The summed E-state index contributed by atoms with van der Waals surface area (Å²) in [7, 11) is 0.823. The van der Waals surface area contributed by atoms with Gasteiger partial charge in [-0.05, 0) is 54.7 Å². The minimum Gasteiger partial charge on any atom is -0.491 e. The lowest BCUT2D eigenvalue weighted by Crippen LogP contribution is -2.35. The van der Waals surface area contributed by atoms with Crippen molar-refractivity contribution in [1.82, 2.24) is 20.3 Å². The van der Waals surface area contributed by atoms with Gasteiger partial charge in [0, 0.05) is 10.7 Å². The lowest BCUT2D eigenvalue weighted by Gasteiger charge is -2.12. The maximum Gasteiger partial charge on any atom is 0.263 e. The molecule has 0 spiro atoms. The standard InChI is InChI=1S/C21H12ClF4N5O2S/c1-33-19-17(25)15(23)14(16(24)18(19)26)20(32)28-21(34)27-10-4-7-12-13(8-10)30-31(29-12)11-5-2-9(22)3-6-11/h2-8H,1H3,(H2,27,28,32,34). The molecule has 34 heavy (non-hydrogen) atoms. The maximum absolute atomic E-state index is 14.1. The van der Waals surface area contributed by atoms with Crippen molar-refractivity contribution in [2.75, 3.05) is 12.4 Å². The molecule has 3 aromatic carbocycles. The third kappa shape index (κ3) is 4.37. The number of carbonyl (C=O) groups excluding carboxylic acids is 1. The van der Waals surface area contributed by atoms with Gasteiger partial charge in [-0.15, -0.1) is 10.2 Å². The van der Waals surface area contributed by atoms with Crippen molar-refractivity contribution in [2.24, 2.45) is 0 Å². The van der Waals surface area contributed by atoms with Crippen molar-refractivity contribution in [1.29, 1.82) is 0 Å². The number of halogens is 5. The summed E-state index contributed by atoms with van der Waals surface area (Å²) in [6, 6.07) is 11.6. The van der Waals surface area contributed by atoms with Crippen LogP contribution in [-0.2, 0) is 0 Å². The van der Waals surface area contributed by atoms with Gasteiger partial charge < -0.3 is 10.1 Å². The zero-order chi connectivity index (χ0) is 24.6. The van der Waals surface area contributed by atoms with Crippen molar-refractivity contribution in [3.8, 4) is 11.4 Å². The van der Waals surface area contributed by atoms with E-state index in [0.717, 1.165) is 7.11 Å². The van der Waals surface area contributed by atoms with E-state index in [1.807, 2.05) is 5.32 Å². The molecule has 0 fully saturated rings. The number of rotatable bonds is 4. The van der Waals surface area contributed by atoms with Crippen LogP contribution in [0.2, 0.25) is 5.02 Å². The topological polar surface area (TPSA) is 81.1 Å². The number of hydrogen-bond acceptors (Lipinski definition) is 5. The van der Waals surface area contributed by atoms with Crippen LogP contribution in [0.5, 0.6) is 5.75 Å². The zero-order valence-electron chi connectivity index (χ0n) is 17.0. The third-order valence-corrected chi connectivity index (χ3v) is 5.03. The number of methoxy groups -OCH3 is 1. The average molecular weight is 510 g/mol. The Morgan fingerprint density at radius 2 is 1.59 bits per heavy atom. The fourth-order valence-corrected chi connectivity index (χ4v) is 3.34. The van der Waals surface area contributed by atoms with Crippen LogP contribution in [0.15, 0.2) is 42.5 Å². The van der Waals surface area contributed by atoms with Crippen molar-refractivity contribution in [3.63, 3.8) is 0 Å². The highest BCUT2D eigenvalue weighted by Crippen LogP contribution is 2.29. The first-order chi connectivity index (χ1) is 16.2. The summed E-state index contributed by atoms with van der Waals surface area (Å²) in [6.45, 7) is 0. The Balaban J connectivity index is 1.52. The molecule has 13 heteroatoms. The van der Waals surface area contributed by atoms with E-state index in [-0.39, 0.29) is 5.11 Å². The summed E-state index contributed by atoms with van der Waals surface area (Å²) in [5, 5.41) is 13.5. The van der Waals surface area contributed by atoms with Gasteiger partial charge in [-0.2, -0.15) is 13.6 Å². The molecule has 0 bridgehead atoms. The van der Waals surface area contributed by atoms with E-state index in [0.29, 0.717) is 27.4 Å². The Morgan fingerprint density at radius 1 is 0.971 bits per heavy atom. The van der Waals surface area contributed by atoms with Gasteiger partial charge in [-0.25, -0.2) is 8.78 Å². The van der Waals surface area contributed by atoms with Gasteiger partial charge in [0.15, 0.2) is 22.5 Å². The number of hydrogen-bond donors (Lipinski definition) is 2. The van der Waals surface area contributed by atoms with E-state index in [2.05, 4.69) is 20.3 Å². The summed E-state index contributed by atoms with van der Waals surface area (Å²) in [6.07, 6.45) is 0. The van der Waals surface area contributed by atoms with Gasteiger partial charge in [0.25, 0.3) is 5.91 Å². The zero-order valence-corrected chi connectivity index (χ0v) is 18.6. The number of nitrogens with zero attached hydrogens (tertiary/aromatic N) is 3. The monoisotopic (exact) mass is 509 g/mol. The van der Waals surface area contributed by atoms with Crippen molar-refractivity contribution >= 4 is 51.6 Å². The lowest BCUT2D eigenvalue weighted by atomic mass is 10.1. The number of ether oxygens (including phenoxy) is 1. The van der Waals surface area contributed by atoms with E-state index < -0.39 is 40.5 Å². The molecule has 0 saturated heterocycles. The molecule has 0 radical (unpaired) electrons. The van der Waals surface area contributed by atoms with E-state index in [1.165, 1.54) is 4.80 Å². The van der Waals surface area contributed by atoms with Gasteiger partial charge in [-0.3, -0.25) is 10.1 Å². The number of anilines is 1. The molecule has 4 aromatic rings. The Labute approximate surface area is 199 Å². The van der Waals surface area contributed by atoms with Crippen LogP contribution < -0.4 is 15.4 Å². The molecular weight excluding hydrogens is 498 g/mol. The van der Waals surface area contributed by atoms with E-state index >= 15 is 0 Å². The lowest BCUT2D eigenvalue weighted by molar-refractivity contribution is 0.0966. The first kappa shape index (κ1) is 23.4. The molecule has 0 atom stereocenters. The Morgan fingerprint density at radius 3 is 2.21 bits per heavy atom. The predicted octanol–water partition coefficient (Wildman–Crippen LogP) is 4.77. The molecule has 1 aromatic heterocycles. The molecule has 1 amide bonds. The summed E-state index contributed by atoms with van der Waals surface area (Å²) in [5.41, 5.74) is 0.547. The fraction of sp³-hybridized carbons (Fsp3) is 0.0476. The van der Waals surface area contributed by atoms with Crippen LogP contribution in [0.1, 0.15) is 10.4 Å². The van der Waals surface area contributed by atoms with Crippen molar-refractivity contribution in [3.05, 3.63) is 76.3 Å². The second kappa shape index (κ2) is 9.23. The third-order valence-electron chi connectivity index (χ3n) is 4.58. The minimum atomic E-state index is -1.92. The van der Waals surface area contributed by atoms with Gasteiger partial charge in [-0.1, -0.05) is 11.6 Å². The molecule has 0 saturated carbocycles. The normalized spacial score (nSPS) is 10.9. The van der Waals surface area contributed by atoms with Crippen molar-refractivity contribution < 1.29 is 27.1 Å². The fourth-order valence-electron chi connectivity index (χ4n) is 3.00. The van der Waals surface area contributed by atoms with Crippen LogP contribution in [0, 0.1) is 23.3 Å². The van der Waals surface area contributed by atoms with Crippen LogP contribution in [0.25, 0.3) is 16.7 Å². The number of aromatic nitrogens is 3. The Kier molecular flexibility index (Phi) is 6.35. The van der Waals surface area contributed by atoms with Crippen LogP contribution in [-0.4, -0.2) is 33.1 Å². The summed E-state index contributed by atoms with van der Waals surface area (Å²) in [5.74, 6) is -10.3. The molecular formula is C21H12ClF4N5O2S. The number of carbonyl (C=O) groups is 1. The predicted molar refractivity (Wildman–Crippen MR) is 120 cm³/mol. The van der Waals surface area contributed by atoms with E-state index in [9.17, 15) is 22.4 Å². The smallest absolute Gasteiger partial charge is 0.263 e. The van der Waals surface area contributed by atoms with Crippen LogP contribution >= 0.6 is 23.8 Å². The number of thiocarbonyl (C=S) groups is 1. The van der Waals surface area contributed by atoms with E-state index in [1.54, 1.807) is 42.5 Å². The highest BCUT2D eigenvalue weighted by molar-refractivity contribution is 7.80. The number of nitrogens with one attached hydrogen (secondary N) is 2. The van der Waals surface area contributed by atoms with Gasteiger partial charge in [0.1, 0.15) is 16.6 Å². The highest BCUT2D eigenvalue weighted by atomic mass is 35.5. The second-order valence-corrected chi connectivity index (χ2v) is 7.59. The SMILES string of the molecule is COc1c(F)c(F)c(C(=O)NC(=S)Nc2ccc3nn(-c4ccc(Cl)cc4)nc3c2)c(F)c1F. The molecule has 2 N–H and O–H groups in total. The summed E-state index contributed by atoms with van der Waals surface area (Å²) in [4.78, 5) is 13.7. The quantitative estimate of drug-likeness (QED) is 0.234. The molecule has 1 heterocycles. The average Bonchev–Trinajstić information content (AvgIpc) is 3.22. The highest BCUT2D eigenvalue weighted by Gasteiger charge is 2.30. The van der Waals surface area contributed by atoms with E-state index in [4.69, 9.17) is 23.8 Å². The summed E-state index contributed by atoms with van der Waals surface area (Å²) >= 11 is 10.9. The summed E-state index contributed by atoms with van der Waals surface area (Å²) < 4.78 is 60.3. The second-order valence-electron chi connectivity index (χ2n) is 6.74. The largest absolute Gasteiger partial charge is 0.491 e. The molecule has 174 valence electrons. The number of amides is 1. The molecule has 0 aliphatic carbocycles. The Bertz CT molecular complexity index is 1420. The van der Waals surface area contributed by atoms with Crippen LogP contribution in [0.4, 0.5) is 23.2 Å². The molecule has 4 rings (SSSR count). The molecule has 0 unspecified atom stereocenters. The Hall–Kier alpha value is -3.77.